The number of amides is 2. The summed E-state index contributed by atoms with van der Waals surface area (Å²) in [7, 11) is 1.24. The Balaban J connectivity index is 0.000000178. The van der Waals surface area contributed by atoms with E-state index >= 15 is 0 Å². The van der Waals surface area contributed by atoms with Gasteiger partial charge >= 0.3 is 11.9 Å². The molecule has 2 aliphatic heterocycles. The lowest BCUT2D eigenvalue weighted by Gasteiger charge is -2.32. The van der Waals surface area contributed by atoms with Gasteiger partial charge in [-0.15, -0.1) is 0 Å². The minimum atomic E-state index is -0.774. The number of carbonyl (C=O) groups excluding carboxylic acids is 4. The molecule has 0 N–H and O–H groups in total. The number of piperidine rings is 2. The van der Waals surface area contributed by atoms with Gasteiger partial charge < -0.3 is 14.5 Å². The van der Waals surface area contributed by atoms with Crippen LogP contribution in [0.3, 0.4) is 0 Å². The van der Waals surface area contributed by atoms with Gasteiger partial charge in [0, 0.05) is 38.1 Å². The summed E-state index contributed by atoms with van der Waals surface area (Å²) in [5, 5.41) is 5.55. The van der Waals surface area contributed by atoms with Gasteiger partial charge in [0.2, 0.25) is 5.78 Å². The van der Waals surface area contributed by atoms with Gasteiger partial charge in [0.1, 0.15) is 0 Å². The first-order chi connectivity index (χ1) is 24.3. The molecule has 4 aromatic carbocycles. The number of carbonyl (C=O) groups is 4. The van der Waals surface area contributed by atoms with Gasteiger partial charge in [-0.25, -0.2) is 4.79 Å². The molecule has 5 aromatic rings. The molecule has 50 heavy (non-hydrogen) atoms. The van der Waals surface area contributed by atoms with E-state index in [1.165, 1.54) is 46.0 Å². The van der Waals surface area contributed by atoms with Crippen molar-refractivity contribution in [3.63, 3.8) is 0 Å². The molecule has 2 aliphatic rings. The Morgan fingerprint density at radius 2 is 1.14 bits per heavy atom. The number of benzene rings is 4. The number of nitrogens with zero attached hydrogens (tertiary/aromatic N) is 3. The van der Waals surface area contributed by atoms with Gasteiger partial charge in [-0.2, -0.15) is 0 Å². The number of fused-ring (bicyclic) bond motifs is 2. The molecule has 2 saturated heterocycles. The van der Waals surface area contributed by atoms with Crippen LogP contribution in [0, 0.1) is 0 Å². The van der Waals surface area contributed by atoms with Crippen LogP contribution in [0.4, 0.5) is 0 Å². The fraction of sp³-hybridized carbons (Fsp3) is 0.293. The Bertz CT molecular complexity index is 1990. The molecule has 0 bridgehead atoms. The summed E-state index contributed by atoms with van der Waals surface area (Å²) in [6.07, 6.45) is 4.98. The molecule has 2 fully saturated rings. The van der Waals surface area contributed by atoms with Crippen LogP contribution in [0.5, 0.6) is 0 Å². The number of hydrogen-bond donors (Lipinski definition) is 0. The number of methoxy groups -OCH3 is 1. The zero-order valence-corrected chi connectivity index (χ0v) is 28.9. The first kappa shape index (κ1) is 34.8. The second-order valence-corrected chi connectivity index (χ2v) is 13.3. The number of aromatic nitrogens is 1. The minimum Gasteiger partial charge on any atom is -0.462 e. The first-order valence-electron chi connectivity index (χ1n) is 17.1. The molecule has 256 valence electrons. The van der Waals surface area contributed by atoms with Crippen molar-refractivity contribution in [1.29, 1.82) is 0 Å². The summed E-state index contributed by atoms with van der Waals surface area (Å²) in [4.78, 5) is 55.4. The van der Waals surface area contributed by atoms with E-state index in [4.69, 9.17) is 11.6 Å². The van der Waals surface area contributed by atoms with Crippen LogP contribution < -0.4 is 0 Å². The Hall–Kier alpha value is -5.08. The number of likely N-dealkylation sites (tertiary alicyclic amines) is 2. The highest BCUT2D eigenvalue weighted by atomic mass is 35.5. The van der Waals surface area contributed by atoms with E-state index in [9.17, 15) is 19.2 Å². The summed E-state index contributed by atoms with van der Waals surface area (Å²) in [5.74, 6) is -1.30. The van der Waals surface area contributed by atoms with Crippen LogP contribution in [0.1, 0.15) is 54.3 Å². The topological polar surface area (TPSA) is 96.9 Å². The average molecular weight is 690 g/mol. The number of Topliss-reactive ketones (excluding diaryl/α,β-unsaturated/α-hetero) is 1. The highest BCUT2D eigenvalue weighted by Gasteiger charge is 2.30. The van der Waals surface area contributed by atoms with Crippen molar-refractivity contribution < 1.29 is 23.9 Å². The molecule has 0 atom stereocenters. The average Bonchev–Trinajstić information content (AvgIpc) is 3.18. The maximum Gasteiger partial charge on any atom is 0.396 e. The number of esters is 1. The Morgan fingerprint density at radius 3 is 1.62 bits per heavy atom. The summed E-state index contributed by atoms with van der Waals surface area (Å²) in [5.41, 5.74) is 3.23. The second kappa shape index (κ2) is 16.1. The molecule has 8 nitrogen and oxygen atoms in total. The van der Waals surface area contributed by atoms with Gasteiger partial charge in [-0.3, -0.25) is 19.4 Å². The number of ether oxygens (including phenoxy) is 1. The molecule has 0 radical (unpaired) electrons. The summed E-state index contributed by atoms with van der Waals surface area (Å²) in [6.45, 7) is 2.41. The lowest BCUT2D eigenvalue weighted by Crippen LogP contribution is -2.42. The lowest BCUT2D eigenvalue weighted by atomic mass is 9.86. The molecule has 3 heterocycles. The fourth-order valence-electron chi connectivity index (χ4n) is 7.14. The molecule has 7 rings (SSSR count). The Kier molecular flexibility index (Phi) is 11.2. The van der Waals surface area contributed by atoms with Crippen LogP contribution in [-0.4, -0.2) is 71.6 Å². The van der Waals surface area contributed by atoms with E-state index in [1.54, 1.807) is 21.9 Å². The predicted molar refractivity (Wildman–Crippen MR) is 195 cm³/mol. The van der Waals surface area contributed by atoms with Crippen LogP contribution in [0.2, 0.25) is 5.02 Å². The number of rotatable bonds is 5. The normalized spacial score (nSPS) is 15.3. The van der Waals surface area contributed by atoms with Crippen molar-refractivity contribution in [2.45, 2.75) is 43.9 Å². The van der Waals surface area contributed by atoms with Crippen LogP contribution >= 0.6 is 11.6 Å². The third kappa shape index (κ3) is 8.03. The molecule has 2 amide bonds. The minimum absolute atomic E-state index is 0.0131. The van der Waals surface area contributed by atoms with Crippen LogP contribution in [0.15, 0.2) is 103 Å². The third-order valence-electron chi connectivity index (χ3n) is 9.82. The summed E-state index contributed by atoms with van der Waals surface area (Å²) >= 11 is 5.81. The van der Waals surface area contributed by atoms with Crippen molar-refractivity contribution in [3.8, 4) is 0 Å². The van der Waals surface area contributed by atoms with Crippen molar-refractivity contribution in [2.24, 2.45) is 0 Å². The molecule has 0 unspecified atom stereocenters. The Labute approximate surface area is 297 Å². The molecule has 0 spiro atoms. The van der Waals surface area contributed by atoms with E-state index in [0.29, 0.717) is 48.7 Å². The maximum atomic E-state index is 12.5. The second-order valence-electron chi connectivity index (χ2n) is 12.8. The first-order valence-corrected chi connectivity index (χ1v) is 17.4. The van der Waals surface area contributed by atoms with Crippen molar-refractivity contribution >= 4 is 56.7 Å². The fourth-order valence-corrected chi connectivity index (χ4v) is 7.26. The summed E-state index contributed by atoms with van der Waals surface area (Å²) < 4.78 is 4.50. The zero-order valence-electron chi connectivity index (χ0n) is 28.1. The SMILES string of the molecule is COC(=O)C(=O)N1CCC(c2cccc3ccccc23)CC1.O=C(Cc1ccc(Cl)cn1)C(=O)N1CCC(c2cccc3ccccc23)CC1. The number of halogens is 1. The zero-order chi connectivity index (χ0) is 35.0. The van der Waals surface area contributed by atoms with Gasteiger partial charge in [-0.1, -0.05) is 96.5 Å². The number of pyridine rings is 1. The Morgan fingerprint density at radius 1 is 0.660 bits per heavy atom. The monoisotopic (exact) mass is 689 g/mol. The van der Waals surface area contributed by atoms with Gasteiger partial charge in [0.25, 0.3) is 5.91 Å². The van der Waals surface area contributed by atoms with E-state index in [1.807, 2.05) is 6.07 Å². The smallest absolute Gasteiger partial charge is 0.396 e. The number of ketones is 1. The van der Waals surface area contributed by atoms with Crippen molar-refractivity contribution in [3.05, 3.63) is 125 Å². The molecular formula is C41H40ClN3O5. The summed E-state index contributed by atoms with van der Waals surface area (Å²) in [6, 6.07) is 32.9. The van der Waals surface area contributed by atoms with Crippen LogP contribution in [-0.2, 0) is 30.3 Å². The highest BCUT2D eigenvalue weighted by molar-refractivity contribution is 6.36. The quantitative estimate of drug-likeness (QED) is 0.144. The molecule has 0 aliphatic carbocycles. The molecule has 0 saturated carbocycles. The van der Waals surface area contributed by atoms with E-state index in [0.717, 1.165) is 25.7 Å². The standard InChI is InChI=1S/C23H21ClN2O2.C18H19NO3/c24-18-8-9-19(25-15-18)14-22(27)23(28)26-12-10-17(11-13-26)21-7-3-5-16-4-1-2-6-20(16)21;1-22-18(21)17(20)19-11-9-14(10-12-19)16-8-4-6-13-5-2-3-7-15(13)16/h1-9,15,17H,10-14H2;2-8,14H,9-12H2,1H3. The highest BCUT2D eigenvalue weighted by Crippen LogP contribution is 2.34. The van der Waals surface area contributed by atoms with Gasteiger partial charge in [0.05, 0.1) is 18.6 Å². The van der Waals surface area contributed by atoms with E-state index in [-0.39, 0.29) is 6.42 Å². The predicted octanol–water partition coefficient (Wildman–Crippen LogP) is 7.12. The van der Waals surface area contributed by atoms with Crippen molar-refractivity contribution in [1.82, 2.24) is 14.8 Å². The van der Waals surface area contributed by atoms with Crippen molar-refractivity contribution in [2.75, 3.05) is 33.3 Å². The molecule has 9 heteroatoms. The largest absolute Gasteiger partial charge is 0.462 e. The maximum absolute atomic E-state index is 12.5. The number of hydrogen-bond acceptors (Lipinski definition) is 6. The third-order valence-corrected chi connectivity index (χ3v) is 10.0. The van der Waals surface area contributed by atoms with E-state index < -0.39 is 23.6 Å². The van der Waals surface area contributed by atoms with E-state index in [2.05, 4.69) is 88.6 Å². The lowest BCUT2D eigenvalue weighted by molar-refractivity contribution is -0.158. The van der Waals surface area contributed by atoms with Gasteiger partial charge in [-0.05, 0) is 82.3 Å². The molecule has 1 aromatic heterocycles. The molecular weight excluding hydrogens is 650 g/mol. The van der Waals surface area contributed by atoms with Crippen LogP contribution in [0.25, 0.3) is 21.5 Å². The van der Waals surface area contributed by atoms with Gasteiger partial charge in [0.15, 0.2) is 0 Å².